The second-order valence-corrected chi connectivity index (χ2v) is 7.02. The molecule has 0 aliphatic heterocycles. The molecule has 2 atom stereocenters. The zero-order valence-electron chi connectivity index (χ0n) is 10.4. The molecule has 3 nitrogen and oxygen atoms in total. The first-order valence-corrected chi connectivity index (χ1v) is 7.42. The van der Waals surface area contributed by atoms with E-state index in [1.165, 1.54) is 0 Å². The lowest BCUT2D eigenvalue weighted by Gasteiger charge is -2.07. The van der Waals surface area contributed by atoms with Gasteiger partial charge in [0.25, 0.3) is 0 Å². The highest BCUT2D eigenvalue weighted by Gasteiger charge is 2.49. The van der Waals surface area contributed by atoms with Gasteiger partial charge in [0.05, 0.1) is 22.4 Å². The number of benzene rings is 1. The Bertz CT molecular complexity index is 488. The van der Waals surface area contributed by atoms with Gasteiger partial charge in [-0.15, -0.1) is 0 Å². The summed E-state index contributed by atoms with van der Waals surface area (Å²) in [6.07, 6.45) is 0.577. The van der Waals surface area contributed by atoms with Crippen molar-refractivity contribution in [2.45, 2.75) is 49.5 Å². The molecule has 1 aliphatic carbocycles. The van der Waals surface area contributed by atoms with Crippen LogP contribution in [0.15, 0.2) is 29.2 Å². The van der Waals surface area contributed by atoms with Gasteiger partial charge in [0.15, 0.2) is 9.84 Å². The average Bonchev–Trinajstić information content (AvgIpc) is 2.97. The van der Waals surface area contributed by atoms with Gasteiger partial charge in [0.2, 0.25) is 0 Å². The summed E-state index contributed by atoms with van der Waals surface area (Å²) in [6.45, 7) is 5.79. The monoisotopic (exact) mass is 254 g/mol. The summed E-state index contributed by atoms with van der Waals surface area (Å²) < 4.78 is 30.0. The SMILES string of the molecule is Cc1ccc(S(=O)(=O)[C@@H]2C[C@H]2OC(C)C)cc1. The van der Waals surface area contributed by atoms with Crippen molar-refractivity contribution in [3.05, 3.63) is 29.8 Å². The van der Waals surface area contributed by atoms with Gasteiger partial charge in [0.1, 0.15) is 0 Å². The van der Waals surface area contributed by atoms with Crippen molar-refractivity contribution in [1.29, 1.82) is 0 Å². The minimum Gasteiger partial charge on any atom is -0.374 e. The standard InChI is InChI=1S/C13H18O3S/c1-9(2)16-12-8-13(12)17(14,15)11-6-4-10(3)5-7-11/h4-7,9,12-13H,8H2,1-3H3/t12-,13-/m1/s1. The van der Waals surface area contributed by atoms with E-state index in [9.17, 15) is 8.42 Å². The van der Waals surface area contributed by atoms with E-state index in [4.69, 9.17) is 4.74 Å². The van der Waals surface area contributed by atoms with E-state index in [0.29, 0.717) is 11.3 Å². The molecule has 2 rings (SSSR count). The summed E-state index contributed by atoms with van der Waals surface area (Å²) in [5.74, 6) is 0. The highest BCUT2D eigenvalue weighted by Crippen LogP contribution is 2.37. The topological polar surface area (TPSA) is 43.4 Å². The van der Waals surface area contributed by atoms with Gasteiger partial charge in [-0.25, -0.2) is 8.42 Å². The van der Waals surface area contributed by atoms with Crippen LogP contribution in [0.2, 0.25) is 0 Å². The van der Waals surface area contributed by atoms with Crippen LogP contribution in [0.5, 0.6) is 0 Å². The van der Waals surface area contributed by atoms with Gasteiger partial charge in [0, 0.05) is 0 Å². The minimum atomic E-state index is -3.20. The predicted molar refractivity (Wildman–Crippen MR) is 66.8 cm³/mol. The van der Waals surface area contributed by atoms with E-state index in [1.54, 1.807) is 12.1 Å². The van der Waals surface area contributed by atoms with Crippen LogP contribution < -0.4 is 0 Å². The van der Waals surface area contributed by atoms with Crippen LogP contribution in [-0.4, -0.2) is 25.9 Å². The summed E-state index contributed by atoms with van der Waals surface area (Å²) in [4.78, 5) is 0.406. The molecule has 0 heterocycles. The van der Waals surface area contributed by atoms with Crippen molar-refractivity contribution in [3.8, 4) is 0 Å². The Hall–Kier alpha value is -0.870. The first-order valence-electron chi connectivity index (χ1n) is 5.87. The molecule has 1 fully saturated rings. The summed E-state index contributed by atoms with van der Waals surface area (Å²) in [5.41, 5.74) is 1.06. The van der Waals surface area contributed by atoms with Crippen LogP contribution in [0.1, 0.15) is 25.8 Å². The van der Waals surface area contributed by atoms with E-state index in [1.807, 2.05) is 32.9 Å². The largest absolute Gasteiger partial charge is 0.374 e. The Morgan fingerprint density at radius 1 is 1.24 bits per heavy atom. The van der Waals surface area contributed by atoms with Crippen LogP contribution in [0, 0.1) is 6.92 Å². The van der Waals surface area contributed by atoms with Crippen LogP contribution in [-0.2, 0) is 14.6 Å². The molecule has 94 valence electrons. The molecule has 0 saturated heterocycles. The lowest BCUT2D eigenvalue weighted by Crippen LogP contribution is -2.15. The third-order valence-electron chi connectivity index (χ3n) is 2.87. The molecule has 1 aromatic carbocycles. The summed E-state index contributed by atoms with van der Waals surface area (Å²) in [6, 6.07) is 7.01. The predicted octanol–water partition coefficient (Wildman–Crippen LogP) is 2.33. The molecule has 0 aromatic heterocycles. The maximum atomic E-state index is 12.2. The lowest BCUT2D eigenvalue weighted by atomic mass is 10.2. The van der Waals surface area contributed by atoms with E-state index in [-0.39, 0.29) is 17.5 Å². The smallest absolute Gasteiger partial charge is 0.183 e. The third-order valence-corrected chi connectivity index (χ3v) is 5.09. The molecule has 0 unspecified atom stereocenters. The number of hydrogen-bond acceptors (Lipinski definition) is 3. The van der Waals surface area contributed by atoms with Gasteiger partial charge in [-0.3, -0.25) is 0 Å². The number of rotatable bonds is 4. The molecular formula is C13H18O3S. The Morgan fingerprint density at radius 2 is 1.82 bits per heavy atom. The molecule has 0 bridgehead atoms. The third kappa shape index (κ3) is 2.69. The van der Waals surface area contributed by atoms with Crippen molar-refractivity contribution in [2.24, 2.45) is 0 Å². The van der Waals surface area contributed by atoms with Crippen LogP contribution in [0.4, 0.5) is 0 Å². The van der Waals surface area contributed by atoms with Crippen molar-refractivity contribution in [1.82, 2.24) is 0 Å². The molecule has 1 saturated carbocycles. The maximum absolute atomic E-state index is 12.2. The summed E-state index contributed by atoms with van der Waals surface area (Å²) in [7, 11) is -3.20. The van der Waals surface area contributed by atoms with Crippen LogP contribution >= 0.6 is 0 Å². The number of aryl methyl sites for hydroxylation is 1. The second kappa shape index (κ2) is 4.42. The van der Waals surface area contributed by atoms with Gasteiger partial charge in [-0.2, -0.15) is 0 Å². The first kappa shape index (κ1) is 12.6. The molecule has 0 N–H and O–H groups in total. The number of hydrogen-bond donors (Lipinski definition) is 0. The molecular weight excluding hydrogens is 236 g/mol. The Morgan fingerprint density at radius 3 is 2.35 bits per heavy atom. The van der Waals surface area contributed by atoms with E-state index in [2.05, 4.69) is 0 Å². The van der Waals surface area contributed by atoms with Gasteiger partial charge < -0.3 is 4.74 Å². The lowest BCUT2D eigenvalue weighted by molar-refractivity contribution is 0.0655. The fourth-order valence-corrected chi connectivity index (χ4v) is 3.64. The van der Waals surface area contributed by atoms with Crippen molar-refractivity contribution in [2.75, 3.05) is 0 Å². The summed E-state index contributed by atoms with van der Waals surface area (Å²) in [5, 5.41) is -0.354. The Labute approximate surface area is 103 Å². The number of sulfone groups is 1. The Balaban J connectivity index is 2.13. The Kier molecular flexibility index (Phi) is 3.27. The van der Waals surface area contributed by atoms with E-state index >= 15 is 0 Å². The highest BCUT2D eigenvalue weighted by atomic mass is 32.2. The zero-order chi connectivity index (χ0) is 12.6. The molecule has 1 aliphatic rings. The van der Waals surface area contributed by atoms with E-state index in [0.717, 1.165) is 5.56 Å². The van der Waals surface area contributed by atoms with Gasteiger partial charge >= 0.3 is 0 Å². The summed E-state index contributed by atoms with van der Waals surface area (Å²) >= 11 is 0. The second-order valence-electron chi connectivity index (χ2n) is 4.86. The van der Waals surface area contributed by atoms with Crippen LogP contribution in [0.25, 0.3) is 0 Å². The molecule has 4 heteroatoms. The quantitative estimate of drug-likeness (QED) is 0.828. The van der Waals surface area contributed by atoms with Crippen LogP contribution in [0.3, 0.4) is 0 Å². The average molecular weight is 254 g/mol. The molecule has 0 amide bonds. The normalized spacial score (nSPS) is 24.0. The van der Waals surface area contributed by atoms with Crippen molar-refractivity contribution >= 4 is 9.84 Å². The van der Waals surface area contributed by atoms with E-state index < -0.39 is 9.84 Å². The van der Waals surface area contributed by atoms with Gasteiger partial charge in [-0.05, 0) is 39.3 Å². The molecule has 17 heavy (non-hydrogen) atoms. The highest BCUT2D eigenvalue weighted by molar-refractivity contribution is 7.92. The number of ether oxygens (including phenoxy) is 1. The fraction of sp³-hybridized carbons (Fsp3) is 0.538. The van der Waals surface area contributed by atoms with Crippen molar-refractivity contribution in [3.63, 3.8) is 0 Å². The minimum absolute atomic E-state index is 0.0817. The molecule has 0 radical (unpaired) electrons. The molecule has 0 spiro atoms. The first-order chi connectivity index (χ1) is 7.91. The fourth-order valence-electron chi connectivity index (χ4n) is 1.87. The zero-order valence-corrected chi connectivity index (χ0v) is 11.2. The van der Waals surface area contributed by atoms with Crippen molar-refractivity contribution < 1.29 is 13.2 Å². The molecule has 1 aromatic rings. The van der Waals surface area contributed by atoms with Gasteiger partial charge in [-0.1, -0.05) is 17.7 Å². The maximum Gasteiger partial charge on any atom is 0.183 e.